The molecule has 0 aromatic heterocycles. The van der Waals surface area contributed by atoms with E-state index in [2.05, 4.69) is 17.3 Å². The van der Waals surface area contributed by atoms with Crippen LogP contribution in [0.25, 0.3) is 0 Å². The Balaban J connectivity index is 1.63. The third kappa shape index (κ3) is 3.22. The zero-order valence-electron chi connectivity index (χ0n) is 13.8. The molecule has 1 amide bonds. The van der Waals surface area contributed by atoms with Gasteiger partial charge in [-0.15, -0.1) is 0 Å². The Morgan fingerprint density at radius 1 is 1.09 bits per heavy atom. The van der Waals surface area contributed by atoms with Crippen LogP contribution in [-0.2, 0) is 9.59 Å². The van der Waals surface area contributed by atoms with Crippen LogP contribution >= 0.6 is 0 Å². The number of fused-ring (bicyclic) bond motifs is 1. The van der Waals surface area contributed by atoms with Gasteiger partial charge in [0.1, 0.15) is 6.29 Å². The van der Waals surface area contributed by atoms with Gasteiger partial charge in [-0.05, 0) is 50.5 Å². The van der Waals surface area contributed by atoms with Crippen molar-refractivity contribution in [1.29, 1.82) is 0 Å². The second kappa shape index (κ2) is 7.12. The van der Waals surface area contributed by atoms with Gasteiger partial charge in [0, 0.05) is 6.54 Å². The molecule has 1 heterocycles. The van der Waals surface area contributed by atoms with Crippen molar-refractivity contribution in [3.05, 3.63) is 0 Å². The molecule has 0 spiro atoms. The fourth-order valence-corrected chi connectivity index (χ4v) is 5.09. The first-order valence-corrected chi connectivity index (χ1v) is 9.16. The Labute approximate surface area is 134 Å². The fraction of sp³-hybridized carbons (Fsp3) is 0.889. The average molecular weight is 306 g/mol. The lowest BCUT2D eigenvalue weighted by Gasteiger charge is -2.32. The van der Waals surface area contributed by atoms with E-state index in [1.54, 1.807) is 0 Å². The Hall–Kier alpha value is -0.900. The monoisotopic (exact) mass is 306 g/mol. The summed E-state index contributed by atoms with van der Waals surface area (Å²) in [5, 5.41) is 3.09. The molecule has 3 rings (SSSR count). The minimum Gasteiger partial charge on any atom is -0.345 e. The second-order valence-corrected chi connectivity index (χ2v) is 7.66. The molecule has 4 atom stereocenters. The highest BCUT2D eigenvalue weighted by molar-refractivity contribution is 5.85. The van der Waals surface area contributed by atoms with Gasteiger partial charge in [-0.3, -0.25) is 9.69 Å². The van der Waals surface area contributed by atoms with E-state index in [0.29, 0.717) is 17.8 Å². The molecule has 2 unspecified atom stereocenters. The van der Waals surface area contributed by atoms with E-state index in [-0.39, 0.29) is 18.0 Å². The van der Waals surface area contributed by atoms with E-state index in [9.17, 15) is 9.59 Å². The van der Waals surface area contributed by atoms with Gasteiger partial charge in [0.15, 0.2) is 0 Å². The van der Waals surface area contributed by atoms with E-state index < -0.39 is 0 Å². The largest absolute Gasteiger partial charge is 0.345 e. The summed E-state index contributed by atoms with van der Waals surface area (Å²) in [6.07, 6.45) is 11.8. The summed E-state index contributed by atoms with van der Waals surface area (Å²) in [6.45, 7) is 1.04. The summed E-state index contributed by atoms with van der Waals surface area (Å²) >= 11 is 0. The molecule has 0 aromatic carbocycles. The van der Waals surface area contributed by atoms with Crippen LogP contribution in [0.15, 0.2) is 0 Å². The first-order chi connectivity index (χ1) is 10.7. The number of carbonyl (C=O) groups is 2. The van der Waals surface area contributed by atoms with Gasteiger partial charge in [-0.2, -0.15) is 0 Å². The maximum absolute atomic E-state index is 12.8. The van der Waals surface area contributed by atoms with E-state index in [1.165, 1.54) is 44.9 Å². The number of likely N-dealkylation sites (N-methyl/N-ethyl adjacent to an activating group) is 1. The standard InChI is InChI=1S/C18H30N2O2/c1-20-11-14-9-5-6-10-15(14)17(20)18(22)19-16(12-21)13-7-3-2-4-8-13/h12-17H,2-11H2,1H3,(H,19,22)/t14?,15-,16-,17?/m1/s1. The minimum atomic E-state index is -0.274. The maximum Gasteiger partial charge on any atom is 0.238 e. The highest BCUT2D eigenvalue weighted by Gasteiger charge is 2.45. The number of aldehydes is 1. The average Bonchev–Trinajstić information content (AvgIpc) is 2.89. The normalized spacial score (nSPS) is 34.9. The van der Waals surface area contributed by atoms with Crippen molar-refractivity contribution in [2.45, 2.75) is 69.9 Å². The van der Waals surface area contributed by atoms with Crippen molar-refractivity contribution >= 4 is 12.2 Å². The second-order valence-electron chi connectivity index (χ2n) is 7.66. The van der Waals surface area contributed by atoms with Crippen LogP contribution in [0.2, 0.25) is 0 Å². The Bertz CT molecular complexity index is 406. The Kier molecular flexibility index (Phi) is 5.17. The molecule has 0 radical (unpaired) electrons. The van der Waals surface area contributed by atoms with Gasteiger partial charge in [-0.25, -0.2) is 0 Å². The molecule has 3 fully saturated rings. The molecule has 22 heavy (non-hydrogen) atoms. The lowest BCUT2D eigenvalue weighted by molar-refractivity contribution is -0.129. The highest BCUT2D eigenvalue weighted by atomic mass is 16.2. The predicted molar refractivity (Wildman–Crippen MR) is 86.4 cm³/mol. The number of rotatable bonds is 4. The lowest BCUT2D eigenvalue weighted by atomic mass is 9.78. The van der Waals surface area contributed by atoms with Gasteiger partial charge in [0.05, 0.1) is 12.1 Å². The summed E-state index contributed by atoms with van der Waals surface area (Å²) in [5.74, 6) is 1.62. The lowest BCUT2D eigenvalue weighted by Crippen LogP contribution is -2.51. The van der Waals surface area contributed by atoms with Crippen molar-refractivity contribution in [2.24, 2.45) is 17.8 Å². The smallest absolute Gasteiger partial charge is 0.238 e. The van der Waals surface area contributed by atoms with Crippen LogP contribution in [0.1, 0.15) is 57.8 Å². The van der Waals surface area contributed by atoms with Crippen molar-refractivity contribution in [3.63, 3.8) is 0 Å². The molecule has 4 nitrogen and oxygen atoms in total. The molecular weight excluding hydrogens is 276 g/mol. The van der Waals surface area contributed by atoms with Gasteiger partial charge in [0.2, 0.25) is 5.91 Å². The highest BCUT2D eigenvalue weighted by Crippen LogP contribution is 2.40. The molecule has 0 aromatic rings. The minimum absolute atomic E-state index is 0.0173. The topological polar surface area (TPSA) is 49.4 Å². The van der Waals surface area contributed by atoms with Crippen molar-refractivity contribution in [3.8, 4) is 0 Å². The molecular formula is C18H30N2O2. The SMILES string of the molecule is CN1CC2CCCC[C@H]2C1C(=O)N[C@H](C=O)C1CCCCC1. The quantitative estimate of drug-likeness (QED) is 0.811. The molecule has 1 N–H and O–H groups in total. The zero-order chi connectivity index (χ0) is 15.5. The molecule has 124 valence electrons. The summed E-state index contributed by atoms with van der Waals surface area (Å²) in [7, 11) is 2.07. The molecule has 0 bridgehead atoms. The van der Waals surface area contributed by atoms with Gasteiger partial charge < -0.3 is 10.1 Å². The number of nitrogens with one attached hydrogen (secondary N) is 1. The summed E-state index contributed by atoms with van der Waals surface area (Å²) in [4.78, 5) is 26.5. The maximum atomic E-state index is 12.8. The van der Waals surface area contributed by atoms with Gasteiger partial charge in [-0.1, -0.05) is 32.1 Å². The molecule has 4 heteroatoms. The molecule has 2 aliphatic carbocycles. The molecule has 2 saturated carbocycles. The first kappa shape index (κ1) is 16.0. The van der Waals surface area contributed by atoms with Gasteiger partial charge in [0.25, 0.3) is 0 Å². The number of hydrogen-bond donors (Lipinski definition) is 1. The molecule has 3 aliphatic rings. The third-order valence-corrected chi connectivity index (χ3v) is 6.25. The number of likely N-dealkylation sites (tertiary alicyclic amines) is 1. The van der Waals surface area contributed by atoms with E-state index >= 15 is 0 Å². The van der Waals surface area contributed by atoms with Crippen LogP contribution in [0, 0.1) is 17.8 Å². The van der Waals surface area contributed by atoms with Crippen molar-refractivity contribution in [1.82, 2.24) is 10.2 Å². The van der Waals surface area contributed by atoms with E-state index in [4.69, 9.17) is 0 Å². The van der Waals surface area contributed by atoms with Crippen LogP contribution < -0.4 is 5.32 Å². The Morgan fingerprint density at radius 2 is 1.77 bits per heavy atom. The first-order valence-electron chi connectivity index (χ1n) is 9.16. The number of nitrogens with zero attached hydrogens (tertiary/aromatic N) is 1. The van der Waals surface area contributed by atoms with Crippen molar-refractivity contribution in [2.75, 3.05) is 13.6 Å². The van der Waals surface area contributed by atoms with E-state index in [0.717, 1.165) is 25.7 Å². The predicted octanol–water partition coefficient (Wildman–Crippen LogP) is 2.37. The van der Waals surface area contributed by atoms with Crippen LogP contribution in [0.3, 0.4) is 0 Å². The van der Waals surface area contributed by atoms with Gasteiger partial charge >= 0.3 is 0 Å². The Morgan fingerprint density at radius 3 is 2.50 bits per heavy atom. The van der Waals surface area contributed by atoms with E-state index in [1.807, 2.05) is 0 Å². The number of amides is 1. The van der Waals surface area contributed by atoms with Crippen LogP contribution in [-0.4, -0.2) is 42.8 Å². The summed E-state index contributed by atoms with van der Waals surface area (Å²) in [6, 6.07) is -0.291. The van der Waals surface area contributed by atoms with Crippen LogP contribution in [0.4, 0.5) is 0 Å². The molecule has 1 aliphatic heterocycles. The van der Waals surface area contributed by atoms with Crippen LogP contribution in [0.5, 0.6) is 0 Å². The number of carbonyl (C=O) groups excluding carboxylic acids is 2. The third-order valence-electron chi connectivity index (χ3n) is 6.25. The number of hydrogen-bond acceptors (Lipinski definition) is 3. The molecule has 1 saturated heterocycles. The zero-order valence-corrected chi connectivity index (χ0v) is 13.8. The van der Waals surface area contributed by atoms with Crippen molar-refractivity contribution < 1.29 is 9.59 Å². The fourth-order valence-electron chi connectivity index (χ4n) is 5.09. The summed E-state index contributed by atoms with van der Waals surface area (Å²) in [5.41, 5.74) is 0. The summed E-state index contributed by atoms with van der Waals surface area (Å²) < 4.78 is 0.